The molecule has 0 aliphatic rings. The van der Waals surface area contributed by atoms with Crippen LogP contribution in [0.3, 0.4) is 0 Å². The molecule has 0 saturated carbocycles. The third kappa shape index (κ3) is 4.47. The number of anilines is 1. The van der Waals surface area contributed by atoms with Gasteiger partial charge in [0.05, 0.1) is 0 Å². The summed E-state index contributed by atoms with van der Waals surface area (Å²) < 4.78 is 5.74. The van der Waals surface area contributed by atoms with Crippen molar-refractivity contribution in [3.05, 3.63) is 59.1 Å². The summed E-state index contributed by atoms with van der Waals surface area (Å²) in [4.78, 5) is 0. The van der Waals surface area contributed by atoms with Crippen LogP contribution in [-0.2, 0) is 6.61 Å². The smallest absolute Gasteiger partial charge is 0.121 e. The first-order valence-corrected chi connectivity index (χ1v) is 6.57. The van der Waals surface area contributed by atoms with E-state index in [0.717, 1.165) is 28.6 Å². The van der Waals surface area contributed by atoms with E-state index < -0.39 is 0 Å². The molecule has 3 nitrogen and oxygen atoms in total. The number of nitrogens with two attached hydrogens (primary N) is 1. The molecule has 4 heteroatoms. The van der Waals surface area contributed by atoms with Crippen LogP contribution in [0.4, 0.5) is 5.69 Å². The number of hydrogen-bond acceptors (Lipinski definition) is 3. The van der Waals surface area contributed by atoms with Gasteiger partial charge in [-0.2, -0.15) is 0 Å². The van der Waals surface area contributed by atoms with Gasteiger partial charge >= 0.3 is 0 Å². The molecule has 0 bridgehead atoms. The lowest BCUT2D eigenvalue weighted by atomic mass is 10.2. The number of rotatable bonds is 6. The first-order chi connectivity index (χ1) is 9.28. The quantitative estimate of drug-likeness (QED) is 0.851. The van der Waals surface area contributed by atoms with Gasteiger partial charge in [0.2, 0.25) is 0 Å². The number of ether oxygens (including phenoxy) is 1. The van der Waals surface area contributed by atoms with E-state index in [1.54, 1.807) is 0 Å². The first-order valence-electron chi connectivity index (χ1n) is 6.19. The van der Waals surface area contributed by atoms with Crippen LogP contribution in [0.1, 0.15) is 5.56 Å². The van der Waals surface area contributed by atoms with Gasteiger partial charge < -0.3 is 15.8 Å². The van der Waals surface area contributed by atoms with Gasteiger partial charge in [0.1, 0.15) is 12.4 Å². The minimum Gasteiger partial charge on any atom is -0.489 e. The second-order valence-corrected chi connectivity index (χ2v) is 4.60. The molecule has 19 heavy (non-hydrogen) atoms. The van der Waals surface area contributed by atoms with E-state index in [1.807, 2.05) is 48.5 Å². The van der Waals surface area contributed by atoms with Crippen molar-refractivity contribution in [3.63, 3.8) is 0 Å². The molecular formula is C15H17ClN2O. The van der Waals surface area contributed by atoms with Crippen molar-refractivity contribution in [1.82, 2.24) is 0 Å². The van der Waals surface area contributed by atoms with Gasteiger partial charge in [-0.05, 0) is 29.8 Å². The van der Waals surface area contributed by atoms with Crippen molar-refractivity contribution in [2.75, 3.05) is 18.4 Å². The van der Waals surface area contributed by atoms with Crippen LogP contribution < -0.4 is 15.8 Å². The van der Waals surface area contributed by atoms with Gasteiger partial charge in [0, 0.05) is 29.9 Å². The fraction of sp³-hybridized carbons (Fsp3) is 0.200. The summed E-state index contributed by atoms with van der Waals surface area (Å²) in [7, 11) is 0. The molecule has 0 heterocycles. The van der Waals surface area contributed by atoms with E-state index in [9.17, 15) is 0 Å². The Morgan fingerprint density at radius 2 is 1.95 bits per heavy atom. The van der Waals surface area contributed by atoms with Gasteiger partial charge in [-0.3, -0.25) is 0 Å². The Kier molecular flexibility index (Phi) is 5.07. The summed E-state index contributed by atoms with van der Waals surface area (Å²) in [6.45, 7) is 1.85. The van der Waals surface area contributed by atoms with Crippen LogP contribution in [0.5, 0.6) is 5.75 Å². The fourth-order valence-electron chi connectivity index (χ4n) is 1.71. The maximum Gasteiger partial charge on any atom is 0.121 e. The normalized spacial score (nSPS) is 10.2. The Morgan fingerprint density at radius 1 is 1.11 bits per heavy atom. The van der Waals surface area contributed by atoms with Gasteiger partial charge in [-0.1, -0.05) is 29.8 Å². The van der Waals surface area contributed by atoms with Crippen LogP contribution in [0, 0.1) is 0 Å². The van der Waals surface area contributed by atoms with Crippen molar-refractivity contribution in [2.24, 2.45) is 5.73 Å². The molecule has 0 spiro atoms. The largest absolute Gasteiger partial charge is 0.489 e. The average molecular weight is 277 g/mol. The third-order valence-electron chi connectivity index (χ3n) is 2.60. The van der Waals surface area contributed by atoms with E-state index >= 15 is 0 Å². The average Bonchev–Trinajstić information content (AvgIpc) is 2.43. The van der Waals surface area contributed by atoms with Gasteiger partial charge in [-0.25, -0.2) is 0 Å². The lowest BCUT2D eigenvalue weighted by Gasteiger charge is -2.09. The van der Waals surface area contributed by atoms with Crippen LogP contribution >= 0.6 is 11.6 Å². The summed E-state index contributed by atoms with van der Waals surface area (Å²) in [5, 5.41) is 3.94. The van der Waals surface area contributed by atoms with Crippen LogP contribution in [0.2, 0.25) is 5.02 Å². The molecule has 0 amide bonds. The molecule has 2 aromatic rings. The van der Waals surface area contributed by atoms with E-state index in [-0.39, 0.29) is 0 Å². The highest BCUT2D eigenvalue weighted by Gasteiger charge is 1.98. The summed E-state index contributed by atoms with van der Waals surface area (Å²) >= 11 is 5.93. The zero-order valence-corrected chi connectivity index (χ0v) is 11.4. The minimum atomic E-state index is 0.501. The zero-order chi connectivity index (χ0) is 13.5. The maximum absolute atomic E-state index is 5.93. The molecule has 0 saturated heterocycles. The minimum absolute atomic E-state index is 0.501. The lowest BCUT2D eigenvalue weighted by Crippen LogP contribution is -2.12. The maximum atomic E-state index is 5.93. The highest BCUT2D eigenvalue weighted by Crippen LogP contribution is 2.19. The van der Waals surface area contributed by atoms with Gasteiger partial charge in [-0.15, -0.1) is 0 Å². The Morgan fingerprint density at radius 3 is 2.74 bits per heavy atom. The van der Waals surface area contributed by atoms with E-state index in [4.69, 9.17) is 22.1 Å². The number of nitrogens with one attached hydrogen (secondary N) is 1. The zero-order valence-electron chi connectivity index (χ0n) is 10.6. The molecule has 0 aromatic heterocycles. The summed E-state index contributed by atoms with van der Waals surface area (Å²) in [6, 6.07) is 15.5. The van der Waals surface area contributed by atoms with Gasteiger partial charge in [0.25, 0.3) is 0 Å². The van der Waals surface area contributed by atoms with E-state index in [1.165, 1.54) is 0 Å². The Labute approximate surface area is 118 Å². The number of benzene rings is 2. The standard InChI is InChI=1S/C15H17ClN2O/c16-13-4-1-3-12(9-13)11-19-15-6-2-5-14(10-15)18-8-7-17/h1-6,9-10,18H,7-8,11,17H2. The third-order valence-corrected chi connectivity index (χ3v) is 2.84. The topological polar surface area (TPSA) is 47.3 Å². The molecule has 100 valence electrons. The monoisotopic (exact) mass is 276 g/mol. The molecule has 0 unspecified atom stereocenters. The predicted molar refractivity (Wildman–Crippen MR) is 79.8 cm³/mol. The predicted octanol–water partition coefficient (Wildman–Crippen LogP) is 3.29. The molecule has 0 aliphatic heterocycles. The second-order valence-electron chi connectivity index (χ2n) is 4.16. The fourth-order valence-corrected chi connectivity index (χ4v) is 1.92. The summed E-state index contributed by atoms with van der Waals surface area (Å²) in [5.41, 5.74) is 7.51. The number of halogens is 1. The van der Waals surface area contributed by atoms with Crippen molar-refractivity contribution >= 4 is 17.3 Å². The number of hydrogen-bond donors (Lipinski definition) is 2. The molecule has 3 N–H and O–H groups in total. The Hall–Kier alpha value is -1.71. The second kappa shape index (κ2) is 7.02. The highest BCUT2D eigenvalue weighted by molar-refractivity contribution is 6.30. The van der Waals surface area contributed by atoms with E-state index in [0.29, 0.717) is 13.2 Å². The lowest BCUT2D eigenvalue weighted by molar-refractivity contribution is 0.306. The highest BCUT2D eigenvalue weighted by atomic mass is 35.5. The molecule has 2 rings (SSSR count). The SMILES string of the molecule is NCCNc1cccc(OCc2cccc(Cl)c2)c1. The summed E-state index contributed by atoms with van der Waals surface area (Å²) in [5.74, 6) is 0.821. The first kappa shape index (κ1) is 13.7. The van der Waals surface area contributed by atoms with Crippen molar-refractivity contribution in [2.45, 2.75) is 6.61 Å². The molecular weight excluding hydrogens is 260 g/mol. The van der Waals surface area contributed by atoms with Crippen molar-refractivity contribution < 1.29 is 4.74 Å². The van der Waals surface area contributed by atoms with Crippen molar-refractivity contribution in [1.29, 1.82) is 0 Å². The van der Waals surface area contributed by atoms with Crippen LogP contribution in [0.25, 0.3) is 0 Å². The molecule has 2 aromatic carbocycles. The van der Waals surface area contributed by atoms with Gasteiger partial charge in [0.15, 0.2) is 0 Å². The van der Waals surface area contributed by atoms with E-state index in [2.05, 4.69) is 5.32 Å². The Bertz CT molecular complexity index is 531. The van der Waals surface area contributed by atoms with Crippen LogP contribution in [-0.4, -0.2) is 13.1 Å². The molecule has 0 atom stereocenters. The molecule has 0 radical (unpaired) electrons. The molecule has 0 fully saturated rings. The molecule has 0 aliphatic carbocycles. The van der Waals surface area contributed by atoms with Crippen LogP contribution in [0.15, 0.2) is 48.5 Å². The Balaban J connectivity index is 1.95. The van der Waals surface area contributed by atoms with Crippen molar-refractivity contribution in [3.8, 4) is 5.75 Å². The summed E-state index contributed by atoms with van der Waals surface area (Å²) in [6.07, 6.45) is 0.